The number of fused-ring (bicyclic) bond motifs is 15. The highest BCUT2D eigenvalue weighted by Gasteiger charge is 2.62. The topological polar surface area (TPSA) is 38.7 Å². The molecular weight excluding hydrogens is 685 g/mol. The molecule has 6 aromatic carbocycles. The minimum absolute atomic E-state index is 0.0364. The van der Waals surface area contributed by atoms with Crippen molar-refractivity contribution < 1.29 is 0 Å². The second-order valence-corrected chi connectivity index (χ2v) is 16.0. The minimum atomic E-state index is -0.379. The highest BCUT2D eigenvalue weighted by atomic mass is 15.5. The number of anilines is 8. The molecule has 0 aliphatic carbocycles. The van der Waals surface area contributed by atoms with Crippen LogP contribution >= 0.6 is 0 Å². The van der Waals surface area contributed by atoms with Crippen LogP contribution in [0.15, 0.2) is 152 Å². The second-order valence-electron chi connectivity index (χ2n) is 16.0. The first-order chi connectivity index (χ1) is 27.5. The van der Waals surface area contributed by atoms with Crippen molar-refractivity contribution in [3.63, 3.8) is 0 Å². The van der Waals surface area contributed by atoms with Crippen LogP contribution in [0.25, 0.3) is 16.6 Å². The van der Waals surface area contributed by atoms with Gasteiger partial charge in [0.05, 0.1) is 28.1 Å². The lowest BCUT2D eigenvalue weighted by molar-refractivity contribution is 0.203. The number of allylic oxidation sites excluding steroid dienone is 1. The Morgan fingerprint density at radius 3 is 1.80 bits per heavy atom. The third kappa shape index (κ3) is 4.56. The van der Waals surface area contributed by atoms with Crippen LogP contribution in [-0.4, -0.2) is 22.3 Å². The molecule has 1 aromatic heterocycles. The van der Waals surface area contributed by atoms with Crippen molar-refractivity contribution in [1.82, 2.24) is 9.97 Å². The minimum Gasteiger partial charge on any atom is -0.318 e. The number of aromatic nitrogens is 2. The van der Waals surface area contributed by atoms with Gasteiger partial charge in [-0.3, -0.25) is 0 Å². The quantitative estimate of drug-likeness (QED) is 0.180. The third-order valence-corrected chi connectivity index (χ3v) is 13.0. The molecular formula is C50H44N6. The van der Waals surface area contributed by atoms with E-state index in [0.29, 0.717) is 0 Å². The average Bonchev–Trinajstić information content (AvgIpc) is 3.75. The molecule has 274 valence electrons. The first-order valence-electron chi connectivity index (χ1n) is 20.1. The van der Waals surface area contributed by atoms with E-state index in [0.717, 1.165) is 53.2 Å². The first kappa shape index (κ1) is 33.0. The van der Waals surface area contributed by atoms with Gasteiger partial charge < -0.3 is 19.6 Å². The maximum atomic E-state index is 5.49. The lowest BCUT2D eigenvalue weighted by atomic mass is 9.61. The number of rotatable bonds is 4. The molecule has 4 aliphatic heterocycles. The molecule has 0 saturated carbocycles. The second kappa shape index (κ2) is 12.3. The van der Waals surface area contributed by atoms with Gasteiger partial charge in [-0.15, -0.1) is 0 Å². The van der Waals surface area contributed by atoms with Gasteiger partial charge in [-0.2, -0.15) is 0 Å². The molecule has 4 aliphatic rings. The van der Waals surface area contributed by atoms with E-state index in [2.05, 4.69) is 186 Å². The molecule has 0 saturated heterocycles. The van der Waals surface area contributed by atoms with Gasteiger partial charge in [-0.1, -0.05) is 106 Å². The van der Waals surface area contributed by atoms with E-state index >= 15 is 0 Å². The van der Waals surface area contributed by atoms with E-state index in [1.807, 2.05) is 0 Å². The zero-order valence-electron chi connectivity index (χ0n) is 32.1. The van der Waals surface area contributed by atoms with Crippen LogP contribution < -0.4 is 19.6 Å². The Labute approximate surface area is 329 Å². The summed E-state index contributed by atoms with van der Waals surface area (Å²) < 4.78 is 0. The molecule has 0 amide bonds. The van der Waals surface area contributed by atoms with Crippen LogP contribution in [0.3, 0.4) is 0 Å². The van der Waals surface area contributed by atoms with Crippen LogP contribution in [0.1, 0.15) is 49.4 Å². The van der Waals surface area contributed by atoms with E-state index < -0.39 is 0 Å². The fraction of sp³-hybridized carbons (Fsp3) is 0.200. The van der Waals surface area contributed by atoms with Gasteiger partial charge >= 0.3 is 0 Å². The fourth-order valence-corrected chi connectivity index (χ4v) is 10.4. The molecule has 4 atom stereocenters. The lowest BCUT2D eigenvalue weighted by Gasteiger charge is -2.57. The summed E-state index contributed by atoms with van der Waals surface area (Å²) in [6.45, 7) is 11.9. The van der Waals surface area contributed by atoms with Crippen molar-refractivity contribution >= 4 is 62.4 Å². The molecule has 56 heavy (non-hydrogen) atoms. The molecule has 7 aromatic rings. The van der Waals surface area contributed by atoms with Crippen LogP contribution in [-0.2, 0) is 18.3 Å². The highest BCUT2D eigenvalue weighted by Crippen LogP contribution is 2.64. The zero-order valence-corrected chi connectivity index (χ0v) is 32.1. The Balaban J connectivity index is 1.26. The summed E-state index contributed by atoms with van der Waals surface area (Å²) in [7, 11) is 0. The summed E-state index contributed by atoms with van der Waals surface area (Å²) >= 11 is 0. The highest BCUT2D eigenvalue weighted by molar-refractivity contribution is 5.96. The van der Waals surface area contributed by atoms with Crippen molar-refractivity contribution in [2.75, 3.05) is 19.6 Å². The summed E-state index contributed by atoms with van der Waals surface area (Å²) in [5, 5.41) is 0. The van der Waals surface area contributed by atoms with Crippen LogP contribution in [0.4, 0.5) is 45.8 Å². The summed E-state index contributed by atoms with van der Waals surface area (Å²) in [6.07, 6.45) is 2.43. The van der Waals surface area contributed by atoms with Crippen molar-refractivity contribution in [3.05, 3.63) is 174 Å². The number of aryl methyl sites for hydroxylation is 2. The normalized spacial score (nSPS) is 21.7. The summed E-state index contributed by atoms with van der Waals surface area (Å²) in [4.78, 5) is 21.3. The molecule has 0 radical (unpaired) electrons. The molecule has 6 heteroatoms. The van der Waals surface area contributed by atoms with Gasteiger partial charge in [-0.05, 0) is 108 Å². The Kier molecular flexibility index (Phi) is 7.25. The van der Waals surface area contributed by atoms with Crippen molar-refractivity contribution in [3.8, 4) is 0 Å². The SMILES string of the molecule is C=C1CC2(C)c3ccccc3N3c4nc5ccccc5nc4N(c4ccccc4)C3C2C2N(c3ccc(CC)cc3)c3ccccc3N2c2ccc(CC)cc21. The van der Waals surface area contributed by atoms with Crippen molar-refractivity contribution in [2.24, 2.45) is 5.92 Å². The van der Waals surface area contributed by atoms with E-state index in [1.165, 1.54) is 50.7 Å². The largest absolute Gasteiger partial charge is 0.318 e. The van der Waals surface area contributed by atoms with Crippen molar-refractivity contribution in [2.45, 2.75) is 57.8 Å². The Morgan fingerprint density at radius 1 is 0.554 bits per heavy atom. The molecule has 4 unspecified atom stereocenters. The summed E-state index contributed by atoms with van der Waals surface area (Å²) in [5.41, 5.74) is 14.8. The molecule has 0 bridgehead atoms. The smallest absolute Gasteiger partial charge is 0.179 e. The van der Waals surface area contributed by atoms with Gasteiger partial charge in [0.1, 0.15) is 12.3 Å². The number of para-hydroxylation sites is 6. The molecule has 0 fully saturated rings. The van der Waals surface area contributed by atoms with E-state index in [1.54, 1.807) is 0 Å². The van der Waals surface area contributed by atoms with E-state index in [4.69, 9.17) is 16.5 Å². The van der Waals surface area contributed by atoms with Crippen LogP contribution in [0, 0.1) is 5.92 Å². The van der Waals surface area contributed by atoms with Crippen molar-refractivity contribution in [1.29, 1.82) is 0 Å². The molecule has 6 nitrogen and oxygen atoms in total. The van der Waals surface area contributed by atoms with Gasteiger partial charge in [0, 0.05) is 34.0 Å². The number of hydrogen-bond acceptors (Lipinski definition) is 6. The molecule has 5 heterocycles. The number of hydrogen-bond donors (Lipinski definition) is 0. The predicted molar refractivity (Wildman–Crippen MR) is 231 cm³/mol. The monoisotopic (exact) mass is 728 g/mol. The van der Waals surface area contributed by atoms with E-state index in [9.17, 15) is 0 Å². The van der Waals surface area contributed by atoms with Crippen LogP contribution in [0.5, 0.6) is 0 Å². The van der Waals surface area contributed by atoms with Gasteiger partial charge in [0.2, 0.25) is 0 Å². The van der Waals surface area contributed by atoms with Crippen LogP contribution in [0.2, 0.25) is 0 Å². The predicted octanol–water partition coefficient (Wildman–Crippen LogP) is 12.0. The fourth-order valence-electron chi connectivity index (χ4n) is 10.4. The summed E-state index contributed by atoms with van der Waals surface area (Å²) in [5.74, 6) is 1.74. The molecule has 0 spiro atoms. The number of nitrogens with zero attached hydrogens (tertiary/aromatic N) is 6. The average molecular weight is 729 g/mol. The van der Waals surface area contributed by atoms with Gasteiger partial charge in [-0.25, -0.2) is 9.97 Å². The Morgan fingerprint density at radius 2 is 1.11 bits per heavy atom. The lowest BCUT2D eigenvalue weighted by Crippen LogP contribution is -2.65. The summed E-state index contributed by atoms with van der Waals surface area (Å²) in [6, 6.07) is 53.5. The third-order valence-electron chi connectivity index (χ3n) is 13.0. The maximum absolute atomic E-state index is 5.49. The molecule has 11 rings (SSSR count). The number of benzene rings is 6. The Hall–Kier alpha value is -6.40. The van der Waals surface area contributed by atoms with Gasteiger partial charge in [0.15, 0.2) is 11.6 Å². The zero-order chi connectivity index (χ0) is 37.7. The Bertz CT molecular complexity index is 2690. The van der Waals surface area contributed by atoms with E-state index in [-0.39, 0.29) is 23.7 Å². The first-order valence-corrected chi connectivity index (χ1v) is 20.1. The maximum Gasteiger partial charge on any atom is 0.179 e. The standard InChI is InChI=1S/C50H44N6/c1-5-33-24-27-36(28-25-33)53-43-22-14-15-23-44(43)55-41-29-26-34(6-2)30-37(41)32(3)31-50(4)38-18-10-13-21-42(38)56-47-46(51-39-19-11-12-20-40(39)52-47)54(35-16-8-7-9-17-35)49(56)45(50)48(53)55/h7-30,45,48-49H,3,5-6,31H2,1-2,4H3. The van der Waals surface area contributed by atoms with Gasteiger partial charge in [0.25, 0.3) is 0 Å². The molecule has 0 N–H and O–H groups in total.